The molecule has 1 aromatic heterocycles. The van der Waals surface area contributed by atoms with E-state index in [1.807, 2.05) is 24.7 Å². The number of nitrogens with one attached hydrogen (secondary N) is 1. The van der Waals surface area contributed by atoms with Gasteiger partial charge in [-0.05, 0) is 67.9 Å². The highest BCUT2D eigenvalue weighted by Gasteiger charge is 2.33. The van der Waals surface area contributed by atoms with Crippen LogP contribution in [-0.4, -0.2) is 42.3 Å². The molecule has 0 radical (unpaired) electrons. The molecule has 1 fully saturated rings. The van der Waals surface area contributed by atoms with E-state index in [2.05, 4.69) is 21.8 Å². The minimum absolute atomic E-state index is 0.141. The first-order valence-electron chi connectivity index (χ1n) is 12.6. The maximum absolute atomic E-state index is 13.8. The van der Waals surface area contributed by atoms with Crippen LogP contribution in [0.5, 0.6) is 0 Å². The quantitative estimate of drug-likeness (QED) is 0.193. The molecule has 1 aliphatic heterocycles. The van der Waals surface area contributed by atoms with Gasteiger partial charge in [-0.15, -0.1) is 4.31 Å². The summed E-state index contributed by atoms with van der Waals surface area (Å²) in [6.45, 7) is 1.89. The highest BCUT2D eigenvalue weighted by molar-refractivity contribution is 7.99. The average Bonchev–Trinajstić information content (AvgIpc) is 3.29. The minimum atomic E-state index is -1.44. The predicted octanol–water partition coefficient (Wildman–Crippen LogP) is 6.71. The summed E-state index contributed by atoms with van der Waals surface area (Å²) in [4.78, 5) is 0.484. The molecule has 5 nitrogen and oxygen atoms in total. The number of piperidine rings is 1. The summed E-state index contributed by atoms with van der Waals surface area (Å²) in [7, 11) is 3.92. The van der Waals surface area contributed by atoms with Gasteiger partial charge in [0.25, 0.3) is 0 Å². The Morgan fingerprint density at radius 2 is 1.92 bits per heavy atom. The van der Waals surface area contributed by atoms with Gasteiger partial charge in [-0.25, -0.2) is 8.78 Å². The first-order valence-corrected chi connectivity index (χ1v) is 14.9. The summed E-state index contributed by atoms with van der Waals surface area (Å²) in [5.74, 6) is 0.194. The van der Waals surface area contributed by atoms with Gasteiger partial charge in [0, 0.05) is 61.0 Å². The zero-order valence-electron chi connectivity index (χ0n) is 21.7. The fourth-order valence-corrected chi connectivity index (χ4v) is 6.83. The van der Waals surface area contributed by atoms with E-state index < -0.39 is 11.4 Å². The molecule has 3 aromatic carbocycles. The van der Waals surface area contributed by atoms with Gasteiger partial charge in [0.1, 0.15) is 23.0 Å². The summed E-state index contributed by atoms with van der Waals surface area (Å²) < 4.78 is 51.2. The molecule has 2 heterocycles. The summed E-state index contributed by atoms with van der Waals surface area (Å²) >= 11 is 0.176. The van der Waals surface area contributed by atoms with Gasteiger partial charge < -0.3 is 18.6 Å². The Balaban J connectivity index is 1.57. The van der Waals surface area contributed by atoms with E-state index in [9.17, 15) is 13.3 Å². The van der Waals surface area contributed by atoms with Crippen LogP contribution in [0.3, 0.4) is 0 Å². The lowest BCUT2D eigenvalue weighted by Crippen LogP contribution is -2.39. The van der Waals surface area contributed by atoms with Gasteiger partial charge in [-0.1, -0.05) is 18.0 Å². The number of hydrogen-bond donors (Lipinski definition) is 1. The third-order valence-corrected chi connectivity index (χ3v) is 9.27. The molecule has 0 bridgehead atoms. The maximum Gasteiger partial charge on any atom is 0.177 e. The number of anilines is 1. The van der Waals surface area contributed by atoms with E-state index >= 15 is 0 Å². The van der Waals surface area contributed by atoms with E-state index in [0.29, 0.717) is 24.5 Å². The maximum atomic E-state index is 13.8. The van der Waals surface area contributed by atoms with Crippen molar-refractivity contribution in [2.75, 3.05) is 37.7 Å². The molecule has 4 aromatic rings. The van der Waals surface area contributed by atoms with Crippen molar-refractivity contribution >= 4 is 40.0 Å². The van der Waals surface area contributed by atoms with E-state index in [4.69, 9.17) is 4.42 Å². The first kappa shape index (κ1) is 27.0. The van der Waals surface area contributed by atoms with Gasteiger partial charge in [0.05, 0.1) is 23.6 Å². The Bertz CT molecular complexity index is 1410. The lowest BCUT2D eigenvalue weighted by atomic mass is 9.89. The van der Waals surface area contributed by atoms with Crippen LogP contribution < -0.4 is 9.62 Å². The van der Waals surface area contributed by atoms with E-state index in [0.717, 1.165) is 46.4 Å². The molecule has 5 rings (SSSR count). The molecule has 1 aliphatic rings. The van der Waals surface area contributed by atoms with Crippen LogP contribution >= 0.6 is 11.9 Å². The van der Waals surface area contributed by atoms with Crippen molar-refractivity contribution in [2.24, 2.45) is 0 Å². The summed E-state index contributed by atoms with van der Waals surface area (Å²) in [5.41, 5.74) is 4.82. The van der Waals surface area contributed by atoms with Crippen LogP contribution in [0.2, 0.25) is 0 Å². The van der Waals surface area contributed by atoms with Gasteiger partial charge in [-0.3, -0.25) is 0 Å². The van der Waals surface area contributed by atoms with Gasteiger partial charge >= 0.3 is 0 Å². The Kier molecular flexibility index (Phi) is 8.30. The van der Waals surface area contributed by atoms with Gasteiger partial charge in [-0.2, -0.15) is 0 Å². The number of benzene rings is 3. The van der Waals surface area contributed by atoms with Crippen molar-refractivity contribution in [3.8, 4) is 11.3 Å². The Hall–Kier alpha value is -2.56. The highest BCUT2D eigenvalue weighted by Crippen LogP contribution is 2.42. The summed E-state index contributed by atoms with van der Waals surface area (Å²) in [6, 6.07) is 16.7. The third-order valence-electron chi connectivity index (χ3n) is 7.07. The molecule has 1 unspecified atom stereocenters. The second kappa shape index (κ2) is 11.7. The second-order valence-electron chi connectivity index (χ2n) is 9.47. The van der Waals surface area contributed by atoms with Crippen LogP contribution in [-0.2, 0) is 17.9 Å². The number of fused-ring (bicyclic) bond motifs is 1. The smallest absolute Gasteiger partial charge is 0.177 e. The first-order chi connectivity index (χ1) is 18.4. The third kappa shape index (κ3) is 5.44. The normalized spacial score (nSPS) is 17.2. The van der Waals surface area contributed by atoms with Crippen LogP contribution in [0.1, 0.15) is 29.9 Å². The average molecular weight is 556 g/mol. The largest absolute Gasteiger partial charge is 0.593 e. The number of halogens is 2. The standard InChI is InChI=1S/C29H31F2N3O2S2/c1-32-17-26-25-15-24(20-6-5-13-34(18-20)38(35)23-8-4-7-22(31)14-23)27(33(2)37-3)16-28(25)36-29(26)19-9-11-21(30)12-10-19/h4,7-12,14-16,20,32H,5-6,13,17-18H2,1-3H3/t20-,38?/m0/s1. The van der Waals surface area contributed by atoms with Crippen LogP contribution in [0.4, 0.5) is 14.5 Å². The summed E-state index contributed by atoms with van der Waals surface area (Å²) in [6.07, 6.45) is 3.88. The molecule has 0 saturated carbocycles. The van der Waals surface area contributed by atoms with E-state index in [1.54, 1.807) is 36.2 Å². The van der Waals surface area contributed by atoms with Crippen LogP contribution in [0.15, 0.2) is 70.0 Å². The van der Waals surface area contributed by atoms with Crippen molar-refractivity contribution in [3.05, 3.63) is 83.4 Å². The van der Waals surface area contributed by atoms with Crippen molar-refractivity contribution in [2.45, 2.75) is 30.2 Å². The number of furan rings is 1. The molecule has 0 aliphatic carbocycles. The van der Waals surface area contributed by atoms with Crippen molar-refractivity contribution in [1.29, 1.82) is 0 Å². The molecular formula is C29H31F2N3O2S2. The van der Waals surface area contributed by atoms with Gasteiger partial charge in [0.15, 0.2) is 4.90 Å². The van der Waals surface area contributed by atoms with E-state index in [-0.39, 0.29) is 17.6 Å². The Morgan fingerprint density at radius 1 is 1.13 bits per heavy atom. The molecular weight excluding hydrogens is 524 g/mol. The summed E-state index contributed by atoms with van der Waals surface area (Å²) in [5, 5.41) is 4.26. The lowest BCUT2D eigenvalue weighted by Gasteiger charge is -2.34. The predicted molar refractivity (Wildman–Crippen MR) is 153 cm³/mol. The minimum Gasteiger partial charge on any atom is -0.593 e. The highest BCUT2D eigenvalue weighted by atomic mass is 32.2. The molecule has 0 spiro atoms. The molecule has 2 atom stereocenters. The molecule has 0 amide bonds. The van der Waals surface area contributed by atoms with Crippen molar-refractivity contribution in [3.63, 3.8) is 0 Å². The Labute approximate surface area is 229 Å². The van der Waals surface area contributed by atoms with Crippen molar-refractivity contribution < 1.29 is 17.8 Å². The Morgan fingerprint density at radius 3 is 2.63 bits per heavy atom. The SMILES string of the molecule is CNCc1c(-c2ccc(F)cc2)oc2cc(N(C)SC)c([C@H]3CCCN([S+]([O-])c4cccc(F)c4)C3)cc12. The number of nitrogens with zero attached hydrogens (tertiary/aromatic N) is 2. The fraction of sp³-hybridized carbons (Fsp3) is 0.310. The number of rotatable bonds is 8. The molecule has 200 valence electrons. The topological polar surface area (TPSA) is 54.7 Å². The molecule has 1 N–H and O–H groups in total. The molecule has 1 saturated heterocycles. The fourth-order valence-electron chi connectivity index (χ4n) is 5.16. The van der Waals surface area contributed by atoms with Crippen LogP contribution in [0.25, 0.3) is 22.3 Å². The second-order valence-corrected chi connectivity index (χ2v) is 11.9. The zero-order valence-corrected chi connectivity index (χ0v) is 23.3. The number of hydrogen-bond acceptors (Lipinski definition) is 6. The molecule has 38 heavy (non-hydrogen) atoms. The van der Waals surface area contributed by atoms with Crippen LogP contribution in [0, 0.1) is 11.6 Å². The monoisotopic (exact) mass is 555 g/mol. The zero-order chi connectivity index (χ0) is 26.8. The van der Waals surface area contributed by atoms with Crippen molar-refractivity contribution in [1.82, 2.24) is 9.62 Å². The molecule has 9 heteroatoms. The van der Waals surface area contributed by atoms with E-state index in [1.165, 1.54) is 29.8 Å². The van der Waals surface area contributed by atoms with Gasteiger partial charge in [0.2, 0.25) is 0 Å². The lowest BCUT2D eigenvalue weighted by molar-refractivity contribution is 0.316.